The maximum Gasteiger partial charge on any atom is 0.419 e. The Morgan fingerprint density at radius 2 is 2.03 bits per heavy atom. The fourth-order valence-electron chi connectivity index (χ4n) is 4.05. The summed E-state index contributed by atoms with van der Waals surface area (Å²) in [6.45, 7) is 0.866. The SMILES string of the molecule is CN(CC1CCCN(c2ncccc2C(F)(F)F)C1)c1cnc2cnn(CC(F)F)c2n1. The molecule has 1 fully saturated rings. The standard InChI is InChI=1S/C20H22F5N7/c1-30(17-9-27-15-8-28-32(12-16(21)22)19(15)29-17)10-13-4-3-7-31(11-13)18-14(20(23,24)25)5-2-6-26-18/h2,5-6,8-9,13,16H,3-4,7,10-12H2,1H3. The quantitative estimate of drug-likeness (QED) is 0.526. The molecule has 1 aliphatic rings. The Labute approximate surface area is 180 Å². The first kappa shape index (κ1) is 22.2. The molecule has 3 aromatic heterocycles. The summed E-state index contributed by atoms with van der Waals surface area (Å²) in [6.07, 6.45) is -1.17. The first-order chi connectivity index (χ1) is 15.2. The normalized spacial score (nSPS) is 17.3. The lowest BCUT2D eigenvalue weighted by molar-refractivity contribution is -0.137. The zero-order valence-corrected chi connectivity index (χ0v) is 17.3. The fraction of sp³-hybridized carbons (Fsp3) is 0.500. The van der Waals surface area contributed by atoms with E-state index in [1.54, 1.807) is 11.9 Å². The molecule has 0 amide bonds. The highest BCUT2D eigenvalue weighted by Crippen LogP contribution is 2.36. The number of halogens is 5. The van der Waals surface area contributed by atoms with Crippen LogP contribution in [0.5, 0.6) is 0 Å². The minimum absolute atomic E-state index is 0.0514. The van der Waals surface area contributed by atoms with Gasteiger partial charge in [0.15, 0.2) is 5.65 Å². The second-order valence-electron chi connectivity index (χ2n) is 7.86. The molecular weight excluding hydrogens is 433 g/mol. The molecule has 0 aromatic carbocycles. The second kappa shape index (κ2) is 8.83. The van der Waals surface area contributed by atoms with Gasteiger partial charge >= 0.3 is 6.18 Å². The van der Waals surface area contributed by atoms with Crippen molar-refractivity contribution in [1.29, 1.82) is 0 Å². The molecule has 1 aliphatic heterocycles. The van der Waals surface area contributed by atoms with Crippen molar-refractivity contribution < 1.29 is 22.0 Å². The van der Waals surface area contributed by atoms with Crippen LogP contribution in [-0.2, 0) is 12.7 Å². The van der Waals surface area contributed by atoms with Gasteiger partial charge in [-0.1, -0.05) is 0 Å². The third-order valence-corrected chi connectivity index (χ3v) is 5.48. The molecule has 3 aromatic rings. The number of alkyl halides is 5. The molecule has 4 heterocycles. The summed E-state index contributed by atoms with van der Waals surface area (Å²) >= 11 is 0. The molecule has 0 spiro atoms. The van der Waals surface area contributed by atoms with Gasteiger partial charge in [0, 0.05) is 32.9 Å². The Morgan fingerprint density at radius 1 is 1.22 bits per heavy atom. The highest BCUT2D eigenvalue weighted by molar-refractivity contribution is 5.71. The van der Waals surface area contributed by atoms with Crippen LogP contribution >= 0.6 is 0 Å². The lowest BCUT2D eigenvalue weighted by Crippen LogP contribution is -2.41. The van der Waals surface area contributed by atoms with Crippen LogP contribution in [0.25, 0.3) is 11.2 Å². The predicted molar refractivity (Wildman–Crippen MR) is 109 cm³/mol. The number of nitrogens with zero attached hydrogens (tertiary/aromatic N) is 7. The summed E-state index contributed by atoms with van der Waals surface area (Å²) in [4.78, 5) is 16.2. The summed E-state index contributed by atoms with van der Waals surface area (Å²) in [6, 6.07) is 2.33. The maximum absolute atomic E-state index is 13.4. The average molecular weight is 455 g/mol. The molecule has 32 heavy (non-hydrogen) atoms. The molecule has 0 radical (unpaired) electrons. The summed E-state index contributed by atoms with van der Waals surface area (Å²) in [5.74, 6) is 0.504. The Balaban J connectivity index is 1.49. The minimum Gasteiger partial charge on any atom is -0.358 e. The molecule has 0 aliphatic carbocycles. The second-order valence-corrected chi connectivity index (χ2v) is 7.86. The van der Waals surface area contributed by atoms with E-state index in [-0.39, 0.29) is 17.4 Å². The Hall–Kier alpha value is -3.05. The molecule has 0 saturated carbocycles. The summed E-state index contributed by atoms with van der Waals surface area (Å²) < 4.78 is 66.9. The number of fused-ring (bicyclic) bond motifs is 1. The molecule has 4 rings (SSSR count). The van der Waals surface area contributed by atoms with Gasteiger partial charge in [0.2, 0.25) is 0 Å². The van der Waals surface area contributed by atoms with Gasteiger partial charge in [-0.2, -0.15) is 18.3 Å². The zero-order valence-electron chi connectivity index (χ0n) is 17.3. The van der Waals surface area contributed by atoms with Crippen LogP contribution in [0.3, 0.4) is 0 Å². The number of rotatable bonds is 6. The third-order valence-electron chi connectivity index (χ3n) is 5.48. The fourth-order valence-corrected chi connectivity index (χ4v) is 4.05. The molecule has 1 unspecified atom stereocenters. The van der Waals surface area contributed by atoms with E-state index in [1.165, 1.54) is 24.7 Å². The van der Waals surface area contributed by atoms with Crippen LogP contribution in [0.1, 0.15) is 18.4 Å². The lowest BCUT2D eigenvalue weighted by Gasteiger charge is -2.36. The van der Waals surface area contributed by atoms with E-state index in [0.717, 1.165) is 23.6 Å². The largest absolute Gasteiger partial charge is 0.419 e. The van der Waals surface area contributed by atoms with Gasteiger partial charge < -0.3 is 9.80 Å². The van der Waals surface area contributed by atoms with E-state index in [1.807, 2.05) is 4.90 Å². The van der Waals surface area contributed by atoms with Crippen LogP contribution in [0, 0.1) is 5.92 Å². The van der Waals surface area contributed by atoms with E-state index in [9.17, 15) is 22.0 Å². The van der Waals surface area contributed by atoms with Crippen molar-refractivity contribution in [3.05, 3.63) is 36.3 Å². The van der Waals surface area contributed by atoms with E-state index >= 15 is 0 Å². The van der Waals surface area contributed by atoms with Gasteiger partial charge in [-0.3, -0.25) is 0 Å². The number of aromatic nitrogens is 5. The van der Waals surface area contributed by atoms with E-state index in [0.29, 0.717) is 31.0 Å². The number of hydrogen-bond donors (Lipinski definition) is 0. The summed E-state index contributed by atoms with van der Waals surface area (Å²) in [5.41, 5.74) is -0.0534. The summed E-state index contributed by atoms with van der Waals surface area (Å²) in [5, 5.41) is 3.91. The molecular formula is C20H22F5N7. The van der Waals surface area contributed by atoms with E-state index in [2.05, 4.69) is 20.1 Å². The van der Waals surface area contributed by atoms with Crippen LogP contribution in [0.15, 0.2) is 30.7 Å². The minimum atomic E-state index is -4.47. The summed E-state index contributed by atoms with van der Waals surface area (Å²) in [7, 11) is 1.80. The average Bonchev–Trinajstić information content (AvgIpc) is 3.14. The number of anilines is 2. The molecule has 7 nitrogen and oxygen atoms in total. The van der Waals surface area contributed by atoms with Gasteiger partial charge in [-0.05, 0) is 30.9 Å². The van der Waals surface area contributed by atoms with Crippen molar-refractivity contribution in [1.82, 2.24) is 24.7 Å². The maximum atomic E-state index is 13.4. The van der Waals surface area contributed by atoms with Crippen molar-refractivity contribution >= 4 is 22.8 Å². The zero-order chi connectivity index (χ0) is 22.9. The third kappa shape index (κ3) is 4.73. The van der Waals surface area contributed by atoms with Gasteiger partial charge in [0.25, 0.3) is 6.43 Å². The molecule has 1 atom stereocenters. The van der Waals surface area contributed by atoms with E-state index in [4.69, 9.17) is 0 Å². The van der Waals surface area contributed by atoms with Crippen LogP contribution in [0.4, 0.5) is 33.6 Å². The lowest BCUT2D eigenvalue weighted by atomic mass is 9.97. The highest BCUT2D eigenvalue weighted by atomic mass is 19.4. The molecule has 12 heteroatoms. The predicted octanol–water partition coefficient (Wildman–Crippen LogP) is 3.86. The van der Waals surface area contributed by atoms with Crippen LogP contribution < -0.4 is 9.80 Å². The topological polar surface area (TPSA) is 63.0 Å². The van der Waals surface area contributed by atoms with Gasteiger partial charge in [0.1, 0.15) is 23.7 Å². The van der Waals surface area contributed by atoms with Crippen molar-refractivity contribution in [2.24, 2.45) is 5.92 Å². The van der Waals surface area contributed by atoms with Crippen molar-refractivity contribution in [3.63, 3.8) is 0 Å². The Morgan fingerprint density at radius 3 is 2.78 bits per heavy atom. The molecule has 172 valence electrons. The molecule has 0 N–H and O–H groups in total. The highest BCUT2D eigenvalue weighted by Gasteiger charge is 2.36. The van der Waals surface area contributed by atoms with Crippen LogP contribution in [-0.4, -0.2) is 57.8 Å². The number of pyridine rings is 1. The smallest absolute Gasteiger partial charge is 0.358 e. The van der Waals surface area contributed by atoms with Crippen molar-refractivity contribution in [3.8, 4) is 0 Å². The van der Waals surface area contributed by atoms with Gasteiger partial charge in [0.05, 0.1) is 18.0 Å². The monoisotopic (exact) mass is 455 g/mol. The van der Waals surface area contributed by atoms with Crippen molar-refractivity contribution in [2.45, 2.75) is 32.0 Å². The molecule has 0 bridgehead atoms. The number of hydrogen-bond acceptors (Lipinski definition) is 6. The molecule has 1 saturated heterocycles. The van der Waals surface area contributed by atoms with Crippen molar-refractivity contribution in [2.75, 3.05) is 36.5 Å². The van der Waals surface area contributed by atoms with Crippen LogP contribution in [0.2, 0.25) is 0 Å². The Bertz CT molecular complexity index is 1070. The Kier molecular flexibility index (Phi) is 6.11. The first-order valence-electron chi connectivity index (χ1n) is 10.2. The first-order valence-corrected chi connectivity index (χ1v) is 10.2. The van der Waals surface area contributed by atoms with Gasteiger partial charge in [-0.15, -0.1) is 0 Å². The number of piperidine rings is 1. The van der Waals surface area contributed by atoms with Gasteiger partial charge in [-0.25, -0.2) is 28.4 Å². The van der Waals surface area contributed by atoms with E-state index < -0.39 is 24.7 Å².